The Morgan fingerprint density at radius 1 is 0.585 bits per heavy atom. The van der Waals surface area contributed by atoms with Gasteiger partial charge in [0.25, 0.3) is 0 Å². The van der Waals surface area contributed by atoms with Gasteiger partial charge in [0.1, 0.15) is 0 Å². The van der Waals surface area contributed by atoms with Crippen molar-refractivity contribution in [1.82, 2.24) is 4.57 Å². The van der Waals surface area contributed by atoms with E-state index in [1.165, 1.54) is 61.1 Å². The highest BCUT2D eigenvalue weighted by molar-refractivity contribution is 6.12. The van der Waals surface area contributed by atoms with Gasteiger partial charge < -0.3 is 9.47 Å². The zero-order valence-electron chi connectivity index (χ0n) is 24.7. The van der Waals surface area contributed by atoms with Crippen molar-refractivity contribution in [2.45, 2.75) is 27.7 Å². The molecule has 0 aliphatic heterocycles. The number of para-hydroxylation sites is 1. The fraction of sp³-hybridized carbons (Fsp3) is 0.128. The molecule has 0 atom stereocenters. The molecule has 6 aromatic rings. The minimum atomic E-state index is 1.17. The minimum absolute atomic E-state index is 1.17. The van der Waals surface area contributed by atoms with Crippen molar-refractivity contribution in [2.24, 2.45) is 0 Å². The molecule has 0 amide bonds. The molecule has 0 N–H and O–H groups in total. The molecule has 2 nitrogen and oxygen atoms in total. The van der Waals surface area contributed by atoms with Crippen LogP contribution in [0.3, 0.4) is 0 Å². The zero-order chi connectivity index (χ0) is 28.8. The van der Waals surface area contributed by atoms with Crippen LogP contribution in [0.15, 0.2) is 140 Å². The standard InChI is InChI=1S/C37H32N2.C2H6/c1-4-5-12-27(2)39-36-23-21-31(30-19-17-29(18-20-30)28-13-8-6-9-14-28)25-34(36)35-26-33(22-24-37(35)39)38(3)32-15-10-7-11-16-32;1-2/h4-26H,1-3H3;1-2H3/b5-4-,27-12+;. The molecule has 0 fully saturated rings. The smallest absolute Gasteiger partial charge is 0.0539 e. The first-order valence-corrected chi connectivity index (χ1v) is 14.5. The van der Waals surface area contributed by atoms with E-state index in [9.17, 15) is 0 Å². The number of aromatic nitrogens is 1. The normalized spacial score (nSPS) is 11.6. The number of nitrogens with zero attached hydrogens (tertiary/aromatic N) is 2. The van der Waals surface area contributed by atoms with Crippen LogP contribution in [0.5, 0.6) is 0 Å². The summed E-state index contributed by atoms with van der Waals surface area (Å²) in [5, 5.41) is 2.51. The van der Waals surface area contributed by atoms with Gasteiger partial charge in [0, 0.05) is 34.9 Å². The summed E-state index contributed by atoms with van der Waals surface area (Å²) in [6.07, 6.45) is 6.35. The number of allylic oxidation sites excluding steroid dienone is 4. The molecule has 41 heavy (non-hydrogen) atoms. The van der Waals surface area contributed by atoms with Gasteiger partial charge in [0.15, 0.2) is 0 Å². The fourth-order valence-electron chi connectivity index (χ4n) is 5.38. The van der Waals surface area contributed by atoms with Crippen LogP contribution in [-0.2, 0) is 0 Å². The lowest BCUT2D eigenvalue weighted by molar-refractivity contribution is 1.19. The highest BCUT2D eigenvalue weighted by atomic mass is 15.1. The van der Waals surface area contributed by atoms with Crippen molar-refractivity contribution in [2.75, 3.05) is 11.9 Å². The van der Waals surface area contributed by atoms with Gasteiger partial charge >= 0.3 is 0 Å². The summed E-state index contributed by atoms with van der Waals surface area (Å²) in [5.74, 6) is 0. The Hall–Kier alpha value is -4.82. The Kier molecular flexibility index (Phi) is 8.50. The van der Waals surface area contributed by atoms with Gasteiger partial charge in [-0.2, -0.15) is 0 Å². The summed E-state index contributed by atoms with van der Waals surface area (Å²) in [6.45, 7) is 8.23. The lowest BCUT2D eigenvalue weighted by Gasteiger charge is -2.19. The maximum Gasteiger partial charge on any atom is 0.0539 e. The summed E-state index contributed by atoms with van der Waals surface area (Å²) >= 11 is 0. The van der Waals surface area contributed by atoms with Gasteiger partial charge in [-0.15, -0.1) is 0 Å². The average molecular weight is 535 g/mol. The number of anilines is 2. The van der Waals surface area contributed by atoms with E-state index in [0.717, 1.165) is 0 Å². The number of hydrogen-bond donors (Lipinski definition) is 0. The van der Waals surface area contributed by atoms with E-state index in [-0.39, 0.29) is 0 Å². The number of hydrogen-bond acceptors (Lipinski definition) is 1. The predicted molar refractivity (Wildman–Crippen MR) is 181 cm³/mol. The SMILES string of the molecule is C/C=C\C=C(/C)n1c2ccc(-c3ccc(-c4ccccc4)cc3)cc2c2cc(N(C)c3ccccc3)ccc21.CC. The van der Waals surface area contributed by atoms with Crippen LogP contribution in [0.4, 0.5) is 11.4 Å². The average Bonchev–Trinajstić information content (AvgIpc) is 3.38. The van der Waals surface area contributed by atoms with Crippen molar-refractivity contribution >= 4 is 38.9 Å². The summed E-state index contributed by atoms with van der Waals surface area (Å²) in [6, 6.07) is 43.6. The Morgan fingerprint density at radius 3 is 1.73 bits per heavy atom. The first kappa shape index (κ1) is 27.7. The summed E-state index contributed by atoms with van der Waals surface area (Å²) in [5.41, 5.74) is 10.9. The first-order valence-electron chi connectivity index (χ1n) is 14.5. The Labute approximate surface area is 244 Å². The summed E-state index contributed by atoms with van der Waals surface area (Å²) in [7, 11) is 2.13. The Bertz CT molecular complexity index is 1810. The van der Waals surface area contributed by atoms with E-state index in [1.807, 2.05) is 13.8 Å². The molecular formula is C39H38N2. The molecule has 0 saturated carbocycles. The number of fused-ring (bicyclic) bond motifs is 3. The van der Waals surface area contributed by atoms with Crippen molar-refractivity contribution in [3.8, 4) is 22.3 Å². The lowest BCUT2D eigenvalue weighted by Crippen LogP contribution is -2.08. The van der Waals surface area contributed by atoms with Crippen molar-refractivity contribution < 1.29 is 0 Å². The van der Waals surface area contributed by atoms with Crippen molar-refractivity contribution in [3.63, 3.8) is 0 Å². The van der Waals surface area contributed by atoms with E-state index in [0.29, 0.717) is 0 Å². The highest BCUT2D eigenvalue weighted by Crippen LogP contribution is 2.38. The number of rotatable bonds is 6. The van der Waals surface area contributed by atoms with Gasteiger partial charge in [-0.05, 0) is 84.6 Å². The van der Waals surface area contributed by atoms with Gasteiger partial charge in [-0.3, -0.25) is 0 Å². The van der Waals surface area contributed by atoms with Crippen LogP contribution in [0.1, 0.15) is 27.7 Å². The van der Waals surface area contributed by atoms with E-state index < -0.39 is 0 Å². The third-order valence-corrected chi connectivity index (χ3v) is 7.49. The van der Waals surface area contributed by atoms with Gasteiger partial charge in [0.05, 0.1) is 11.0 Å². The van der Waals surface area contributed by atoms with E-state index in [1.54, 1.807) is 0 Å². The molecular weight excluding hydrogens is 496 g/mol. The third kappa shape index (κ3) is 5.60. The van der Waals surface area contributed by atoms with Crippen molar-refractivity contribution in [1.29, 1.82) is 0 Å². The molecule has 0 aliphatic carbocycles. The number of benzene rings is 5. The van der Waals surface area contributed by atoms with E-state index in [4.69, 9.17) is 0 Å². The predicted octanol–water partition coefficient (Wildman–Crippen LogP) is 11.4. The molecule has 0 spiro atoms. The topological polar surface area (TPSA) is 8.17 Å². The van der Waals surface area contributed by atoms with Crippen molar-refractivity contribution in [3.05, 3.63) is 140 Å². The lowest BCUT2D eigenvalue weighted by atomic mass is 9.99. The fourth-order valence-corrected chi connectivity index (χ4v) is 5.38. The van der Waals surface area contributed by atoms with Crippen LogP contribution in [0, 0.1) is 0 Å². The molecule has 1 heterocycles. The molecule has 6 rings (SSSR count). The van der Waals surface area contributed by atoms with Crippen LogP contribution in [-0.4, -0.2) is 11.6 Å². The molecule has 204 valence electrons. The molecule has 2 heteroatoms. The summed E-state index contributed by atoms with van der Waals surface area (Å²) in [4.78, 5) is 2.25. The maximum absolute atomic E-state index is 2.37. The second-order valence-electron chi connectivity index (χ2n) is 9.94. The second-order valence-corrected chi connectivity index (χ2v) is 9.94. The van der Waals surface area contributed by atoms with E-state index in [2.05, 4.69) is 170 Å². The quantitative estimate of drug-likeness (QED) is 0.193. The second kappa shape index (κ2) is 12.6. The molecule has 0 aliphatic rings. The Balaban J connectivity index is 0.00000165. The zero-order valence-corrected chi connectivity index (χ0v) is 24.7. The van der Waals surface area contributed by atoms with Crippen LogP contribution in [0.25, 0.3) is 49.8 Å². The van der Waals surface area contributed by atoms with Crippen LogP contribution >= 0.6 is 0 Å². The minimum Gasteiger partial charge on any atom is -0.345 e. The molecule has 0 saturated heterocycles. The first-order chi connectivity index (χ1) is 20.1. The maximum atomic E-state index is 2.37. The van der Waals surface area contributed by atoms with Crippen LogP contribution < -0.4 is 4.90 Å². The van der Waals surface area contributed by atoms with E-state index >= 15 is 0 Å². The van der Waals surface area contributed by atoms with Gasteiger partial charge in [-0.1, -0.05) is 105 Å². The van der Waals surface area contributed by atoms with Crippen LogP contribution in [0.2, 0.25) is 0 Å². The largest absolute Gasteiger partial charge is 0.345 e. The molecule has 0 unspecified atom stereocenters. The monoisotopic (exact) mass is 534 g/mol. The van der Waals surface area contributed by atoms with Gasteiger partial charge in [-0.25, -0.2) is 0 Å². The Morgan fingerprint density at radius 2 is 1.10 bits per heavy atom. The summed E-state index contributed by atoms with van der Waals surface area (Å²) < 4.78 is 2.37. The molecule has 1 aromatic heterocycles. The molecule has 5 aromatic carbocycles. The molecule has 0 bridgehead atoms. The third-order valence-electron chi connectivity index (χ3n) is 7.49. The molecule has 0 radical (unpaired) electrons. The van der Waals surface area contributed by atoms with Gasteiger partial charge in [0.2, 0.25) is 0 Å². The highest BCUT2D eigenvalue weighted by Gasteiger charge is 2.15.